The third-order valence-corrected chi connectivity index (χ3v) is 10.3. The largest absolute Gasteiger partial charge is 0.366 e. The number of ether oxygens (including phenoxy) is 1. The number of nitrogens with zero attached hydrogens (tertiary/aromatic N) is 1. The van der Waals surface area contributed by atoms with Gasteiger partial charge in [0.05, 0.1) is 18.2 Å². The molecule has 0 amide bonds. The number of nitroso groups, excluding NO2 is 1. The maximum Gasteiger partial charge on any atom is 0.0959 e. The van der Waals surface area contributed by atoms with Crippen molar-refractivity contribution in [3.63, 3.8) is 0 Å². The van der Waals surface area contributed by atoms with Crippen LogP contribution in [0.25, 0.3) is 0 Å². The van der Waals surface area contributed by atoms with Gasteiger partial charge in [0, 0.05) is 5.41 Å². The molecule has 6 rings (SSSR count). The highest BCUT2D eigenvalue weighted by Gasteiger charge is 2.77. The molecule has 0 aromatic carbocycles. The summed E-state index contributed by atoms with van der Waals surface area (Å²) in [5.74, 6) is 4.98. The lowest BCUT2D eigenvalue weighted by Crippen LogP contribution is -2.56. The number of hydrogen-bond donors (Lipinski definition) is 0. The highest BCUT2D eigenvalue weighted by atomic mass is 16.5. The van der Waals surface area contributed by atoms with Gasteiger partial charge in [-0.25, -0.2) is 0 Å². The fraction of sp³-hybridized carbons (Fsp3) is 0.840. The summed E-state index contributed by atoms with van der Waals surface area (Å²) in [7, 11) is 0. The molecule has 0 radical (unpaired) electrons. The van der Waals surface area contributed by atoms with Crippen LogP contribution in [0.1, 0.15) is 71.6 Å². The first-order chi connectivity index (χ1) is 13.7. The van der Waals surface area contributed by atoms with Gasteiger partial charge >= 0.3 is 0 Å². The van der Waals surface area contributed by atoms with Gasteiger partial charge in [0.15, 0.2) is 0 Å². The van der Waals surface area contributed by atoms with Crippen LogP contribution in [0, 0.1) is 45.8 Å². The Labute approximate surface area is 169 Å². The van der Waals surface area contributed by atoms with Crippen molar-refractivity contribution in [3.05, 3.63) is 28.2 Å². The third kappa shape index (κ3) is 2.00. The normalized spacial score (nSPS) is 53.6. The highest BCUT2D eigenvalue weighted by Crippen LogP contribution is 2.79. The van der Waals surface area contributed by atoms with Gasteiger partial charge in [-0.2, -0.15) is 4.91 Å². The van der Waals surface area contributed by atoms with E-state index in [1.807, 2.05) is 0 Å². The van der Waals surface area contributed by atoms with E-state index in [-0.39, 0.29) is 11.6 Å². The van der Waals surface area contributed by atoms with Crippen LogP contribution in [-0.2, 0) is 4.74 Å². The lowest BCUT2D eigenvalue weighted by Gasteiger charge is -2.59. The first-order valence-electron chi connectivity index (χ1n) is 12.0. The van der Waals surface area contributed by atoms with Gasteiger partial charge in [-0.1, -0.05) is 48.7 Å². The highest BCUT2D eigenvalue weighted by molar-refractivity contribution is 5.36. The number of allylic oxidation sites excluding steroid dienone is 1. The fourth-order valence-corrected chi connectivity index (χ4v) is 9.37. The molecule has 9 atom stereocenters. The number of hydrogen-bond acceptors (Lipinski definition) is 3. The summed E-state index contributed by atoms with van der Waals surface area (Å²) in [6.07, 6.45) is 15.8. The molecule has 3 fully saturated rings. The Balaban J connectivity index is 1.42. The summed E-state index contributed by atoms with van der Waals surface area (Å²) in [6, 6.07) is 0.0470. The van der Waals surface area contributed by atoms with Crippen molar-refractivity contribution in [2.24, 2.45) is 46.1 Å². The molecule has 1 aliphatic heterocycles. The number of rotatable bonds is 3. The Kier molecular flexibility index (Phi) is 3.85. The molecule has 0 bridgehead atoms. The molecular formula is C25H35NO2. The monoisotopic (exact) mass is 381 g/mol. The summed E-state index contributed by atoms with van der Waals surface area (Å²) in [6.45, 7) is 5.69. The maximum atomic E-state index is 11.2. The molecule has 0 aromatic heterocycles. The van der Waals surface area contributed by atoms with E-state index >= 15 is 0 Å². The van der Waals surface area contributed by atoms with E-state index in [0.717, 1.165) is 61.4 Å². The van der Waals surface area contributed by atoms with Crippen molar-refractivity contribution in [2.45, 2.75) is 83.3 Å². The van der Waals surface area contributed by atoms with Gasteiger partial charge < -0.3 is 4.74 Å². The van der Waals surface area contributed by atoms with Crippen molar-refractivity contribution in [1.29, 1.82) is 0 Å². The minimum Gasteiger partial charge on any atom is -0.366 e. The summed E-state index contributed by atoms with van der Waals surface area (Å²) < 4.78 is 6.63. The van der Waals surface area contributed by atoms with Crippen LogP contribution in [0.15, 0.2) is 28.5 Å². The molecule has 28 heavy (non-hydrogen) atoms. The molecule has 3 nitrogen and oxygen atoms in total. The van der Waals surface area contributed by atoms with Crippen molar-refractivity contribution < 1.29 is 4.74 Å². The zero-order valence-corrected chi connectivity index (χ0v) is 17.5. The molecule has 5 aliphatic carbocycles. The van der Waals surface area contributed by atoms with Gasteiger partial charge in [0.25, 0.3) is 0 Å². The molecule has 152 valence electrons. The molecule has 1 heterocycles. The van der Waals surface area contributed by atoms with Crippen LogP contribution in [0.5, 0.6) is 0 Å². The van der Waals surface area contributed by atoms with Crippen molar-refractivity contribution in [1.82, 2.24) is 0 Å². The lowest BCUT2D eigenvalue weighted by molar-refractivity contribution is -0.141. The van der Waals surface area contributed by atoms with E-state index in [2.05, 4.69) is 31.2 Å². The van der Waals surface area contributed by atoms with Crippen molar-refractivity contribution in [3.8, 4) is 0 Å². The summed E-state index contributed by atoms with van der Waals surface area (Å²) >= 11 is 0. The van der Waals surface area contributed by atoms with Crippen LogP contribution in [-0.4, -0.2) is 18.2 Å². The second-order valence-electron chi connectivity index (χ2n) is 10.8. The minimum absolute atomic E-state index is 0.0470. The second-order valence-corrected chi connectivity index (χ2v) is 10.8. The molecule has 3 saturated carbocycles. The zero-order valence-electron chi connectivity index (χ0n) is 17.5. The second kappa shape index (κ2) is 6.03. The first kappa shape index (κ1) is 17.9. The molecule has 6 aliphatic rings. The number of fused-ring (bicyclic) bond motifs is 8. The third-order valence-electron chi connectivity index (χ3n) is 10.3. The van der Waals surface area contributed by atoms with Gasteiger partial charge in [-0.05, 0) is 86.9 Å². The first-order valence-corrected chi connectivity index (χ1v) is 12.0. The average Bonchev–Trinajstić information content (AvgIpc) is 3.31. The van der Waals surface area contributed by atoms with Gasteiger partial charge in [-0.3, -0.25) is 0 Å². The smallest absolute Gasteiger partial charge is 0.0959 e. The Hall–Kier alpha value is -0.960. The van der Waals surface area contributed by atoms with Crippen molar-refractivity contribution in [2.75, 3.05) is 6.61 Å². The standard InChI is InChI=1S/C25H35NO2/c1-3-15-12-16-13-17(26-27)6-7-18(16)19-8-10-24(4-2)23(22(15)19)20-14-21(20)25(24)9-5-11-28-25/h5,9,15,17,19-23H,3-4,6-8,10-14H2,1-2H3/t15?,17?,19?,20?,21?,22?,23?,24-,25-/m0/s1. The molecular weight excluding hydrogens is 346 g/mol. The van der Waals surface area contributed by atoms with Crippen LogP contribution in [0.4, 0.5) is 0 Å². The van der Waals surface area contributed by atoms with Crippen LogP contribution >= 0.6 is 0 Å². The van der Waals surface area contributed by atoms with E-state index in [1.54, 1.807) is 11.1 Å². The Morgan fingerprint density at radius 1 is 1.25 bits per heavy atom. The van der Waals surface area contributed by atoms with E-state index < -0.39 is 0 Å². The maximum absolute atomic E-state index is 11.2. The Bertz CT molecular complexity index is 756. The predicted molar refractivity (Wildman–Crippen MR) is 111 cm³/mol. The van der Waals surface area contributed by atoms with Crippen LogP contribution in [0.3, 0.4) is 0 Å². The topological polar surface area (TPSA) is 38.7 Å². The van der Waals surface area contributed by atoms with E-state index in [0.29, 0.717) is 5.41 Å². The predicted octanol–water partition coefficient (Wildman–Crippen LogP) is 6.05. The molecule has 0 saturated heterocycles. The summed E-state index contributed by atoms with van der Waals surface area (Å²) in [4.78, 5) is 11.2. The molecule has 7 unspecified atom stereocenters. The molecule has 0 N–H and O–H groups in total. The van der Waals surface area contributed by atoms with Gasteiger partial charge in [0.2, 0.25) is 0 Å². The minimum atomic E-state index is 0.0470. The summed E-state index contributed by atoms with van der Waals surface area (Å²) in [5, 5.41) is 3.43. The summed E-state index contributed by atoms with van der Waals surface area (Å²) in [5.41, 5.74) is 3.86. The Morgan fingerprint density at radius 3 is 2.86 bits per heavy atom. The van der Waals surface area contributed by atoms with Gasteiger partial charge in [-0.15, -0.1) is 0 Å². The van der Waals surface area contributed by atoms with Gasteiger partial charge in [0.1, 0.15) is 0 Å². The van der Waals surface area contributed by atoms with E-state index in [4.69, 9.17) is 4.74 Å². The SMILES string of the molecule is CCC1CC2=C(CCC(N=O)C2)C2CC[C@@]3(CC)C(C4CC4[C@@]34C=CCO4)C12. The molecule has 1 spiro atoms. The van der Waals surface area contributed by atoms with Crippen LogP contribution in [0.2, 0.25) is 0 Å². The quantitative estimate of drug-likeness (QED) is 0.441. The Morgan fingerprint density at radius 2 is 2.14 bits per heavy atom. The molecule has 0 aromatic rings. The lowest BCUT2D eigenvalue weighted by atomic mass is 9.47. The van der Waals surface area contributed by atoms with Crippen LogP contribution < -0.4 is 0 Å². The van der Waals surface area contributed by atoms with Crippen molar-refractivity contribution >= 4 is 0 Å². The average molecular weight is 382 g/mol. The van der Waals surface area contributed by atoms with E-state index in [9.17, 15) is 4.91 Å². The fourth-order valence-electron chi connectivity index (χ4n) is 9.37. The zero-order chi connectivity index (χ0) is 19.1. The van der Waals surface area contributed by atoms with E-state index in [1.165, 1.54) is 38.5 Å². The molecule has 3 heteroatoms.